The fraction of sp³-hybridized carbons (Fsp3) is 0.250. The van der Waals surface area contributed by atoms with Crippen molar-refractivity contribution >= 4 is 15.8 Å². The summed E-state index contributed by atoms with van der Waals surface area (Å²) in [6, 6.07) is 4.35. The molecule has 0 fully saturated rings. The lowest BCUT2D eigenvalue weighted by molar-refractivity contribution is 0.483. The van der Waals surface area contributed by atoms with Crippen LogP contribution in [-0.2, 0) is 16.5 Å². The fourth-order valence-electron chi connectivity index (χ4n) is 1.16. The summed E-state index contributed by atoms with van der Waals surface area (Å²) >= 11 is 0. The summed E-state index contributed by atoms with van der Waals surface area (Å²) < 4.78 is 30.3. The molecule has 0 aliphatic heterocycles. The van der Waals surface area contributed by atoms with Crippen molar-refractivity contribution in [3.8, 4) is 0 Å². The molecule has 1 aromatic carbocycles. The van der Waals surface area contributed by atoms with Gasteiger partial charge in [-0.25, -0.2) is 0 Å². The summed E-state index contributed by atoms with van der Waals surface area (Å²) in [6.07, 6.45) is 0.621. The maximum absolute atomic E-state index is 10.8. The van der Waals surface area contributed by atoms with Crippen LogP contribution in [-0.4, -0.2) is 19.5 Å². The van der Waals surface area contributed by atoms with Gasteiger partial charge in [-0.3, -0.25) is 4.55 Å². The Morgan fingerprint density at radius 3 is 2.43 bits per heavy atom. The third-order valence-electron chi connectivity index (χ3n) is 1.79. The van der Waals surface area contributed by atoms with E-state index in [1.165, 1.54) is 12.1 Å². The summed E-state index contributed by atoms with van der Waals surface area (Å²) in [5.74, 6) is 0. The molecule has 0 bridgehead atoms. The first kappa shape index (κ1) is 11.0. The van der Waals surface area contributed by atoms with Gasteiger partial charge in [0.15, 0.2) is 0 Å². The largest absolute Gasteiger partial charge is 0.398 e. The molecule has 14 heavy (non-hydrogen) atoms. The van der Waals surface area contributed by atoms with E-state index >= 15 is 0 Å². The second-order valence-electron chi connectivity index (χ2n) is 2.89. The molecule has 0 radical (unpaired) electrons. The Morgan fingerprint density at radius 1 is 1.36 bits per heavy atom. The Balaban J connectivity index is 3.15. The Kier molecular flexibility index (Phi) is 3.10. The number of nitrogen functional groups attached to an aromatic ring is 1. The molecule has 0 unspecified atom stereocenters. The maximum atomic E-state index is 10.8. The van der Waals surface area contributed by atoms with Crippen LogP contribution in [0.2, 0.25) is 0 Å². The molecule has 78 valence electrons. The van der Waals surface area contributed by atoms with Crippen LogP contribution in [0.5, 0.6) is 0 Å². The zero-order valence-electron chi connectivity index (χ0n) is 7.47. The van der Waals surface area contributed by atoms with Gasteiger partial charge in [-0.1, -0.05) is 6.07 Å². The lowest BCUT2D eigenvalue weighted by Crippen LogP contribution is -2.06. The molecule has 0 heterocycles. The Bertz CT molecular complexity index is 428. The standard InChI is InChI=1S/C8H12N2O3S/c9-4-3-6-1-2-8(7(10)5-6)14(11,12)13/h1-2,5H,3-4,9-10H2,(H,11,12,13). The van der Waals surface area contributed by atoms with Crippen molar-refractivity contribution in [1.82, 2.24) is 0 Å². The molecular weight excluding hydrogens is 204 g/mol. The van der Waals surface area contributed by atoms with Gasteiger partial charge in [-0.2, -0.15) is 8.42 Å². The van der Waals surface area contributed by atoms with Crippen molar-refractivity contribution in [1.29, 1.82) is 0 Å². The van der Waals surface area contributed by atoms with E-state index in [-0.39, 0.29) is 10.6 Å². The molecule has 0 saturated heterocycles. The van der Waals surface area contributed by atoms with Gasteiger partial charge in [0, 0.05) is 0 Å². The quantitative estimate of drug-likeness (QED) is 0.487. The van der Waals surface area contributed by atoms with E-state index < -0.39 is 10.1 Å². The summed E-state index contributed by atoms with van der Waals surface area (Å²) in [6.45, 7) is 0.463. The van der Waals surface area contributed by atoms with Crippen molar-refractivity contribution in [3.05, 3.63) is 23.8 Å². The normalized spacial score (nSPS) is 11.6. The minimum absolute atomic E-state index is 0.0402. The highest BCUT2D eigenvalue weighted by atomic mass is 32.2. The topological polar surface area (TPSA) is 106 Å². The molecule has 0 aliphatic carbocycles. The average molecular weight is 216 g/mol. The summed E-state index contributed by atoms with van der Waals surface area (Å²) in [5.41, 5.74) is 11.7. The van der Waals surface area contributed by atoms with Crippen LogP contribution in [0, 0.1) is 0 Å². The van der Waals surface area contributed by atoms with Gasteiger partial charge < -0.3 is 11.5 Å². The van der Waals surface area contributed by atoms with Crippen molar-refractivity contribution in [2.24, 2.45) is 5.73 Å². The minimum atomic E-state index is -4.22. The monoisotopic (exact) mass is 216 g/mol. The lowest BCUT2D eigenvalue weighted by atomic mass is 10.1. The second-order valence-corrected chi connectivity index (χ2v) is 4.28. The van der Waals surface area contributed by atoms with Crippen LogP contribution in [0.15, 0.2) is 23.1 Å². The van der Waals surface area contributed by atoms with Crippen molar-refractivity contribution < 1.29 is 13.0 Å². The molecule has 0 aromatic heterocycles. The predicted octanol–water partition coefficient (Wildman–Crippen LogP) is 0.0167. The first-order valence-corrected chi connectivity index (χ1v) is 5.45. The van der Waals surface area contributed by atoms with Crippen molar-refractivity contribution in [3.63, 3.8) is 0 Å². The highest BCUT2D eigenvalue weighted by molar-refractivity contribution is 7.86. The molecule has 0 atom stereocenters. The van der Waals surface area contributed by atoms with Crippen molar-refractivity contribution in [2.75, 3.05) is 12.3 Å². The zero-order chi connectivity index (χ0) is 10.8. The molecule has 6 heteroatoms. The van der Waals surface area contributed by atoms with Crippen LogP contribution in [0.3, 0.4) is 0 Å². The third-order valence-corrected chi connectivity index (χ3v) is 2.71. The number of nitrogens with two attached hydrogens (primary N) is 2. The predicted molar refractivity (Wildman–Crippen MR) is 53.4 cm³/mol. The van der Waals surface area contributed by atoms with Gasteiger partial charge in [0.25, 0.3) is 10.1 Å². The molecular formula is C8H12N2O3S. The SMILES string of the molecule is NCCc1ccc(S(=O)(=O)O)c(N)c1. The smallest absolute Gasteiger partial charge is 0.296 e. The molecule has 0 amide bonds. The van der Waals surface area contributed by atoms with Gasteiger partial charge in [0.05, 0.1) is 5.69 Å². The van der Waals surface area contributed by atoms with E-state index in [2.05, 4.69) is 0 Å². The lowest BCUT2D eigenvalue weighted by Gasteiger charge is -2.04. The number of benzene rings is 1. The van der Waals surface area contributed by atoms with E-state index in [0.717, 1.165) is 5.56 Å². The molecule has 5 N–H and O–H groups in total. The van der Waals surface area contributed by atoms with E-state index in [0.29, 0.717) is 13.0 Å². The van der Waals surface area contributed by atoms with Gasteiger partial charge in [-0.15, -0.1) is 0 Å². The summed E-state index contributed by atoms with van der Waals surface area (Å²) in [4.78, 5) is -0.265. The fourth-order valence-corrected chi connectivity index (χ4v) is 1.75. The van der Waals surface area contributed by atoms with E-state index in [1.54, 1.807) is 6.07 Å². The van der Waals surface area contributed by atoms with Gasteiger partial charge in [0.2, 0.25) is 0 Å². The Morgan fingerprint density at radius 2 is 2.00 bits per heavy atom. The highest BCUT2D eigenvalue weighted by Gasteiger charge is 2.13. The summed E-state index contributed by atoms with van der Waals surface area (Å²) in [5, 5.41) is 0. The van der Waals surface area contributed by atoms with Gasteiger partial charge >= 0.3 is 0 Å². The van der Waals surface area contributed by atoms with Crippen LogP contribution in [0.4, 0.5) is 5.69 Å². The second kappa shape index (κ2) is 3.95. The maximum Gasteiger partial charge on any atom is 0.296 e. The van der Waals surface area contributed by atoms with Crippen LogP contribution in [0.25, 0.3) is 0 Å². The van der Waals surface area contributed by atoms with E-state index in [9.17, 15) is 8.42 Å². The number of rotatable bonds is 3. The van der Waals surface area contributed by atoms with Gasteiger partial charge in [-0.05, 0) is 30.7 Å². The Hall–Kier alpha value is -1.11. The molecule has 1 aromatic rings. The molecule has 0 saturated carbocycles. The highest BCUT2D eigenvalue weighted by Crippen LogP contribution is 2.19. The third kappa shape index (κ3) is 2.44. The first-order valence-electron chi connectivity index (χ1n) is 4.01. The summed E-state index contributed by atoms with van der Waals surface area (Å²) in [7, 11) is -4.22. The minimum Gasteiger partial charge on any atom is -0.398 e. The number of hydrogen-bond donors (Lipinski definition) is 3. The average Bonchev–Trinajstić information content (AvgIpc) is 2.02. The van der Waals surface area contributed by atoms with Crippen LogP contribution < -0.4 is 11.5 Å². The molecule has 1 rings (SSSR count). The first-order chi connectivity index (χ1) is 6.45. The molecule has 0 spiro atoms. The van der Waals surface area contributed by atoms with E-state index in [1.807, 2.05) is 0 Å². The number of anilines is 1. The van der Waals surface area contributed by atoms with Crippen molar-refractivity contribution in [2.45, 2.75) is 11.3 Å². The van der Waals surface area contributed by atoms with Crippen LogP contribution in [0.1, 0.15) is 5.56 Å². The number of hydrogen-bond acceptors (Lipinski definition) is 4. The van der Waals surface area contributed by atoms with Crippen LogP contribution >= 0.6 is 0 Å². The zero-order valence-corrected chi connectivity index (χ0v) is 8.29. The molecule has 0 aliphatic rings. The van der Waals surface area contributed by atoms with E-state index in [4.69, 9.17) is 16.0 Å². The Labute approximate surface area is 82.5 Å². The van der Waals surface area contributed by atoms with Gasteiger partial charge in [0.1, 0.15) is 4.90 Å². The molecule has 5 nitrogen and oxygen atoms in total.